The van der Waals surface area contributed by atoms with Crippen molar-refractivity contribution in [2.45, 2.75) is 33.1 Å². The second-order valence-corrected chi connectivity index (χ2v) is 5.73. The lowest BCUT2D eigenvalue weighted by molar-refractivity contribution is 0.591. The first-order chi connectivity index (χ1) is 7.80. The molecule has 1 aromatic carbocycles. The third-order valence-corrected chi connectivity index (χ3v) is 3.10. The summed E-state index contributed by atoms with van der Waals surface area (Å²) in [5, 5.41) is 5.71. The van der Waals surface area contributed by atoms with Gasteiger partial charge in [0.05, 0.1) is 11.2 Å². The molecule has 0 aliphatic carbocycles. The fourth-order valence-electron chi connectivity index (χ4n) is 2.17. The van der Waals surface area contributed by atoms with E-state index in [1.807, 2.05) is 18.7 Å². The van der Waals surface area contributed by atoms with E-state index in [2.05, 4.69) is 50.6 Å². The minimum atomic E-state index is 0.163. The van der Waals surface area contributed by atoms with Crippen LogP contribution in [0.4, 0.5) is 0 Å². The van der Waals surface area contributed by atoms with Crippen LogP contribution >= 0.6 is 0 Å². The fraction of sp³-hybridized carbons (Fsp3) is 0.400. The van der Waals surface area contributed by atoms with Crippen LogP contribution in [0.5, 0.6) is 0 Å². The summed E-state index contributed by atoms with van der Waals surface area (Å²) in [4.78, 5) is 0. The van der Waals surface area contributed by atoms with E-state index in [1.54, 1.807) is 0 Å². The monoisotopic (exact) mass is 228 g/mol. The molecule has 1 aromatic heterocycles. The van der Waals surface area contributed by atoms with Crippen LogP contribution in [0.15, 0.2) is 24.8 Å². The number of hydrogen-bond acceptors (Lipinski definition) is 1. The van der Waals surface area contributed by atoms with Crippen molar-refractivity contribution in [1.82, 2.24) is 9.78 Å². The van der Waals surface area contributed by atoms with Gasteiger partial charge in [0.25, 0.3) is 0 Å². The molecular formula is C15H20N2. The molecule has 0 amide bonds. The summed E-state index contributed by atoms with van der Waals surface area (Å²) in [6.45, 7) is 12.7. The first kappa shape index (κ1) is 11.9. The zero-order chi connectivity index (χ0) is 12.8. The number of aryl methyl sites for hydroxylation is 1. The molecule has 0 saturated carbocycles. The van der Waals surface area contributed by atoms with Crippen molar-refractivity contribution in [2.24, 2.45) is 7.05 Å². The van der Waals surface area contributed by atoms with Crippen molar-refractivity contribution in [2.75, 3.05) is 0 Å². The van der Waals surface area contributed by atoms with Gasteiger partial charge in [0.1, 0.15) is 0 Å². The van der Waals surface area contributed by atoms with E-state index in [0.29, 0.717) is 0 Å². The van der Waals surface area contributed by atoms with E-state index in [4.69, 9.17) is 0 Å². The van der Waals surface area contributed by atoms with Crippen LogP contribution < -0.4 is 0 Å². The second-order valence-electron chi connectivity index (χ2n) is 5.73. The van der Waals surface area contributed by atoms with Crippen LogP contribution in [-0.4, -0.2) is 9.78 Å². The molecule has 0 unspecified atom stereocenters. The van der Waals surface area contributed by atoms with Crippen LogP contribution in [0.2, 0.25) is 0 Å². The summed E-state index contributed by atoms with van der Waals surface area (Å²) >= 11 is 0. The van der Waals surface area contributed by atoms with E-state index in [-0.39, 0.29) is 5.41 Å². The summed E-state index contributed by atoms with van der Waals surface area (Å²) in [6.07, 6.45) is 0. The van der Waals surface area contributed by atoms with E-state index in [9.17, 15) is 0 Å². The van der Waals surface area contributed by atoms with Gasteiger partial charge in [0.15, 0.2) is 0 Å². The molecule has 0 atom stereocenters. The molecular weight excluding hydrogens is 208 g/mol. The molecule has 0 fully saturated rings. The van der Waals surface area contributed by atoms with E-state index >= 15 is 0 Å². The number of hydrogen-bond donors (Lipinski definition) is 0. The molecule has 1 heterocycles. The third-order valence-electron chi connectivity index (χ3n) is 3.10. The van der Waals surface area contributed by atoms with E-state index in [1.165, 1.54) is 10.9 Å². The Morgan fingerprint density at radius 3 is 2.47 bits per heavy atom. The molecule has 2 nitrogen and oxygen atoms in total. The topological polar surface area (TPSA) is 17.8 Å². The Hall–Kier alpha value is -1.57. The number of nitrogens with zero attached hydrogens (tertiary/aromatic N) is 2. The molecule has 0 spiro atoms. The standard InChI is InChI=1S/C15H20N2/c1-10(2)14-12-9-11(15(3,4)5)7-8-13(12)16-17(14)6/h7-9H,1H2,2-6H3. The Labute approximate surface area is 103 Å². The van der Waals surface area contributed by atoms with Crippen LogP contribution in [-0.2, 0) is 12.5 Å². The van der Waals surface area contributed by atoms with Gasteiger partial charge in [-0.1, -0.05) is 33.4 Å². The second kappa shape index (κ2) is 3.73. The number of fused-ring (bicyclic) bond motifs is 1. The summed E-state index contributed by atoms with van der Waals surface area (Å²) in [5.41, 5.74) is 4.72. The normalized spacial score (nSPS) is 12.1. The molecule has 0 bridgehead atoms. The van der Waals surface area contributed by atoms with E-state index in [0.717, 1.165) is 16.8 Å². The van der Waals surface area contributed by atoms with Gasteiger partial charge in [-0.3, -0.25) is 4.68 Å². The summed E-state index contributed by atoms with van der Waals surface area (Å²) in [6, 6.07) is 6.51. The molecule has 17 heavy (non-hydrogen) atoms. The average molecular weight is 228 g/mol. The molecule has 2 rings (SSSR count). The van der Waals surface area contributed by atoms with Crippen molar-refractivity contribution in [1.29, 1.82) is 0 Å². The Bertz CT molecular complexity index is 583. The molecule has 90 valence electrons. The van der Waals surface area contributed by atoms with Crippen LogP contribution in [0, 0.1) is 0 Å². The van der Waals surface area contributed by atoms with Gasteiger partial charge < -0.3 is 0 Å². The van der Waals surface area contributed by atoms with Crippen molar-refractivity contribution in [3.63, 3.8) is 0 Å². The number of benzene rings is 1. The minimum absolute atomic E-state index is 0.163. The summed E-state index contributed by atoms with van der Waals surface area (Å²) in [5.74, 6) is 0. The zero-order valence-electron chi connectivity index (χ0n) is 11.3. The van der Waals surface area contributed by atoms with Crippen molar-refractivity contribution in [3.05, 3.63) is 36.0 Å². The van der Waals surface area contributed by atoms with Gasteiger partial charge in [-0.2, -0.15) is 5.10 Å². The Morgan fingerprint density at radius 1 is 1.29 bits per heavy atom. The van der Waals surface area contributed by atoms with Crippen molar-refractivity contribution >= 4 is 16.5 Å². The van der Waals surface area contributed by atoms with Gasteiger partial charge in [0, 0.05) is 12.4 Å². The lowest BCUT2D eigenvalue weighted by Crippen LogP contribution is -2.10. The van der Waals surface area contributed by atoms with Gasteiger partial charge in [-0.05, 0) is 35.6 Å². The first-order valence-corrected chi connectivity index (χ1v) is 5.94. The highest BCUT2D eigenvalue weighted by atomic mass is 15.3. The molecule has 0 saturated heterocycles. The van der Waals surface area contributed by atoms with Crippen LogP contribution in [0.3, 0.4) is 0 Å². The molecule has 0 radical (unpaired) electrons. The smallest absolute Gasteiger partial charge is 0.0929 e. The third kappa shape index (κ3) is 1.99. The molecule has 0 aliphatic rings. The fourth-order valence-corrected chi connectivity index (χ4v) is 2.17. The Kier molecular flexibility index (Phi) is 2.61. The van der Waals surface area contributed by atoms with Crippen molar-refractivity contribution in [3.8, 4) is 0 Å². The van der Waals surface area contributed by atoms with E-state index < -0.39 is 0 Å². The molecule has 2 heteroatoms. The SMILES string of the molecule is C=C(C)c1c2cc(C(C)(C)C)ccc2nn1C. The Balaban J connectivity index is 2.75. The maximum atomic E-state index is 4.51. The summed E-state index contributed by atoms with van der Waals surface area (Å²) in [7, 11) is 1.97. The van der Waals surface area contributed by atoms with Gasteiger partial charge in [-0.15, -0.1) is 0 Å². The van der Waals surface area contributed by atoms with Gasteiger partial charge >= 0.3 is 0 Å². The largest absolute Gasteiger partial charge is 0.267 e. The highest BCUT2D eigenvalue weighted by Crippen LogP contribution is 2.29. The maximum absolute atomic E-state index is 4.51. The van der Waals surface area contributed by atoms with Crippen LogP contribution in [0.1, 0.15) is 39.0 Å². The Morgan fingerprint density at radius 2 is 1.94 bits per heavy atom. The predicted octanol–water partition coefficient (Wildman–Crippen LogP) is 3.90. The predicted molar refractivity (Wildman–Crippen MR) is 74.1 cm³/mol. The maximum Gasteiger partial charge on any atom is 0.0929 e. The summed E-state index contributed by atoms with van der Waals surface area (Å²) < 4.78 is 1.92. The molecule has 2 aromatic rings. The lowest BCUT2D eigenvalue weighted by Gasteiger charge is -2.18. The average Bonchev–Trinajstić information content (AvgIpc) is 2.50. The number of aromatic nitrogens is 2. The minimum Gasteiger partial charge on any atom is -0.267 e. The van der Waals surface area contributed by atoms with Gasteiger partial charge in [0.2, 0.25) is 0 Å². The molecule has 0 aliphatic heterocycles. The molecule has 0 N–H and O–H groups in total. The zero-order valence-corrected chi connectivity index (χ0v) is 11.3. The number of rotatable bonds is 1. The quantitative estimate of drug-likeness (QED) is 0.723. The lowest BCUT2D eigenvalue weighted by atomic mass is 9.86. The highest BCUT2D eigenvalue weighted by molar-refractivity contribution is 5.90. The van der Waals surface area contributed by atoms with Crippen LogP contribution in [0.25, 0.3) is 16.5 Å². The van der Waals surface area contributed by atoms with Crippen molar-refractivity contribution < 1.29 is 0 Å². The highest BCUT2D eigenvalue weighted by Gasteiger charge is 2.16. The van der Waals surface area contributed by atoms with Gasteiger partial charge in [-0.25, -0.2) is 0 Å². The number of allylic oxidation sites excluding steroid dienone is 1. The first-order valence-electron chi connectivity index (χ1n) is 5.94.